The summed E-state index contributed by atoms with van der Waals surface area (Å²) in [4.78, 5) is 3.74. The van der Waals surface area contributed by atoms with E-state index in [0.717, 1.165) is 0 Å². The van der Waals surface area contributed by atoms with Crippen LogP contribution in [0.2, 0.25) is 0 Å². The van der Waals surface area contributed by atoms with Crippen LogP contribution in [0.3, 0.4) is 0 Å². The number of H-pyrrole nitrogens is 1. The van der Waals surface area contributed by atoms with Gasteiger partial charge in [0.05, 0.1) is 5.52 Å². The summed E-state index contributed by atoms with van der Waals surface area (Å²) >= 11 is 1.91. The van der Waals surface area contributed by atoms with Crippen LogP contribution in [0.1, 0.15) is 0 Å². The highest BCUT2D eigenvalue weighted by Gasteiger charge is 2.17. The van der Waals surface area contributed by atoms with Gasteiger partial charge in [-0.1, -0.05) is 78.9 Å². The zero-order valence-corrected chi connectivity index (χ0v) is 17.0. The molecule has 0 spiro atoms. The number of benzene rings is 5. The summed E-state index contributed by atoms with van der Waals surface area (Å²) in [7, 11) is 0. The van der Waals surface area contributed by atoms with Gasteiger partial charge < -0.3 is 4.98 Å². The molecule has 7 rings (SSSR count). The predicted octanol–water partition coefficient (Wildman–Crippen LogP) is 8.51. The van der Waals surface area contributed by atoms with Gasteiger partial charge >= 0.3 is 0 Å². The minimum Gasteiger partial charge on any atom is -0.354 e. The van der Waals surface area contributed by atoms with Crippen molar-refractivity contribution < 1.29 is 0 Å². The second-order valence-corrected chi connectivity index (χ2v) is 8.90. The molecule has 0 saturated carbocycles. The molecule has 0 amide bonds. The van der Waals surface area contributed by atoms with Crippen molar-refractivity contribution in [1.29, 1.82) is 0 Å². The standard InChI is InChI=1S/C28H17NS/c1-2-8-17(9-3-1)18-14-15-23-22(16-18)26-27(29-23)20-11-5-4-10-19(20)25-21-12-6-7-13-24(21)30-28(25)26/h1-16,29H. The van der Waals surface area contributed by atoms with E-state index in [0.29, 0.717) is 0 Å². The molecular formula is C28H17NS. The van der Waals surface area contributed by atoms with Crippen LogP contribution in [0.5, 0.6) is 0 Å². The zero-order chi connectivity index (χ0) is 19.7. The Morgan fingerprint density at radius 3 is 2.13 bits per heavy atom. The van der Waals surface area contributed by atoms with Gasteiger partial charge in [0.15, 0.2) is 0 Å². The quantitative estimate of drug-likeness (QED) is 0.285. The molecule has 0 fully saturated rings. The summed E-state index contributed by atoms with van der Waals surface area (Å²) in [6.07, 6.45) is 0. The Bertz CT molecular complexity index is 1740. The lowest BCUT2D eigenvalue weighted by atomic mass is 9.98. The Labute approximate surface area is 177 Å². The molecule has 0 bridgehead atoms. The van der Waals surface area contributed by atoms with Crippen LogP contribution >= 0.6 is 11.3 Å². The molecule has 0 saturated heterocycles. The number of aromatic amines is 1. The number of rotatable bonds is 1. The predicted molar refractivity (Wildman–Crippen MR) is 132 cm³/mol. The number of thiophene rings is 1. The summed E-state index contributed by atoms with van der Waals surface area (Å²) in [5.41, 5.74) is 4.94. The molecule has 1 N–H and O–H groups in total. The van der Waals surface area contributed by atoms with Crippen molar-refractivity contribution in [2.75, 3.05) is 0 Å². The van der Waals surface area contributed by atoms with Crippen molar-refractivity contribution >= 4 is 64.1 Å². The first kappa shape index (κ1) is 16.2. The summed E-state index contributed by atoms with van der Waals surface area (Å²) in [6.45, 7) is 0. The topological polar surface area (TPSA) is 15.8 Å². The molecule has 0 aliphatic rings. The molecule has 30 heavy (non-hydrogen) atoms. The fraction of sp³-hybridized carbons (Fsp3) is 0. The van der Waals surface area contributed by atoms with Crippen molar-refractivity contribution in [3.05, 3.63) is 97.1 Å². The van der Waals surface area contributed by atoms with Crippen LogP contribution in [-0.2, 0) is 0 Å². The monoisotopic (exact) mass is 399 g/mol. The number of nitrogens with one attached hydrogen (secondary N) is 1. The molecule has 2 aromatic heterocycles. The highest BCUT2D eigenvalue weighted by Crippen LogP contribution is 2.46. The molecule has 1 nitrogen and oxygen atoms in total. The highest BCUT2D eigenvalue weighted by atomic mass is 32.1. The lowest BCUT2D eigenvalue weighted by molar-refractivity contribution is 1.56. The van der Waals surface area contributed by atoms with Crippen LogP contribution in [0.4, 0.5) is 0 Å². The van der Waals surface area contributed by atoms with E-state index in [1.807, 2.05) is 11.3 Å². The van der Waals surface area contributed by atoms with Gasteiger partial charge in [-0.25, -0.2) is 0 Å². The molecule has 140 valence electrons. The normalized spacial score (nSPS) is 12.0. The molecule has 0 atom stereocenters. The average Bonchev–Trinajstić information content (AvgIpc) is 3.38. The van der Waals surface area contributed by atoms with Gasteiger partial charge in [-0.05, 0) is 34.7 Å². The van der Waals surface area contributed by atoms with Gasteiger partial charge in [-0.2, -0.15) is 0 Å². The number of fused-ring (bicyclic) bond motifs is 10. The van der Waals surface area contributed by atoms with E-state index >= 15 is 0 Å². The minimum absolute atomic E-state index is 1.19. The van der Waals surface area contributed by atoms with Crippen molar-refractivity contribution in [3.63, 3.8) is 0 Å². The fourth-order valence-electron chi connectivity index (χ4n) is 4.85. The Kier molecular flexibility index (Phi) is 3.21. The third kappa shape index (κ3) is 2.11. The SMILES string of the molecule is c1ccc(-c2ccc3[nH]c4c5ccccc5c5c6ccccc6sc5c4c3c2)cc1. The third-order valence-electron chi connectivity index (χ3n) is 6.19. The number of hydrogen-bond donors (Lipinski definition) is 1. The number of hydrogen-bond acceptors (Lipinski definition) is 1. The fourth-order valence-corrected chi connectivity index (χ4v) is 6.13. The lowest BCUT2D eigenvalue weighted by Gasteiger charge is -2.05. The summed E-state index contributed by atoms with van der Waals surface area (Å²) in [5, 5.41) is 7.99. The maximum atomic E-state index is 3.74. The first-order valence-electron chi connectivity index (χ1n) is 10.2. The molecule has 0 unspecified atom stereocenters. The zero-order valence-electron chi connectivity index (χ0n) is 16.1. The maximum absolute atomic E-state index is 3.74. The maximum Gasteiger partial charge on any atom is 0.0559 e. The lowest BCUT2D eigenvalue weighted by Crippen LogP contribution is -1.78. The van der Waals surface area contributed by atoms with Crippen LogP contribution in [-0.4, -0.2) is 4.98 Å². The van der Waals surface area contributed by atoms with Crippen LogP contribution in [0.15, 0.2) is 97.1 Å². The van der Waals surface area contributed by atoms with E-state index in [1.54, 1.807) is 0 Å². The van der Waals surface area contributed by atoms with Crippen molar-refractivity contribution in [2.45, 2.75) is 0 Å². The largest absolute Gasteiger partial charge is 0.354 e. The van der Waals surface area contributed by atoms with E-state index in [4.69, 9.17) is 0 Å². The van der Waals surface area contributed by atoms with E-state index in [2.05, 4.69) is 102 Å². The van der Waals surface area contributed by atoms with Gasteiger partial charge in [0.1, 0.15) is 0 Å². The molecule has 2 heteroatoms. The molecule has 0 aliphatic carbocycles. The number of aromatic nitrogens is 1. The molecule has 7 aromatic rings. The molecule has 2 heterocycles. The van der Waals surface area contributed by atoms with Gasteiger partial charge in [0.2, 0.25) is 0 Å². The molecule has 5 aromatic carbocycles. The first-order valence-corrected chi connectivity index (χ1v) is 11.0. The Morgan fingerprint density at radius 1 is 0.533 bits per heavy atom. The van der Waals surface area contributed by atoms with E-state index in [9.17, 15) is 0 Å². The van der Waals surface area contributed by atoms with Crippen molar-refractivity contribution in [1.82, 2.24) is 4.98 Å². The minimum atomic E-state index is 1.19. The average molecular weight is 400 g/mol. The summed E-state index contributed by atoms with van der Waals surface area (Å²) in [5.74, 6) is 0. The van der Waals surface area contributed by atoms with Crippen LogP contribution < -0.4 is 0 Å². The van der Waals surface area contributed by atoms with E-state index < -0.39 is 0 Å². The van der Waals surface area contributed by atoms with Crippen molar-refractivity contribution in [3.8, 4) is 11.1 Å². The smallest absolute Gasteiger partial charge is 0.0559 e. The Morgan fingerprint density at radius 2 is 1.27 bits per heavy atom. The van der Waals surface area contributed by atoms with Gasteiger partial charge in [0, 0.05) is 41.8 Å². The second kappa shape index (κ2) is 5.94. The molecule has 0 aliphatic heterocycles. The van der Waals surface area contributed by atoms with Gasteiger partial charge in [0.25, 0.3) is 0 Å². The summed E-state index contributed by atoms with van der Waals surface area (Å²) < 4.78 is 2.72. The van der Waals surface area contributed by atoms with Gasteiger partial charge in [-0.3, -0.25) is 0 Å². The van der Waals surface area contributed by atoms with E-state index in [1.165, 1.54) is 63.9 Å². The Balaban J connectivity index is 1.73. The molecule has 0 radical (unpaired) electrons. The van der Waals surface area contributed by atoms with Crippen LogP contribution in [0.25, 0.3) is 63.9 Å². The second-order valence-electron chi connectivity index (χ2n) is 7.85. The summed E-state index contributed by atoms with van der Waals surface area (Å²) in [6, 6.07) is 35.0. The van der Waals surface area contributed by atoms with Gasteiger partial charge in [-0.15, -0.1) is 11.3 Å². The molecular weight excluding hydrogens is 382 g/mol. The van der Waals surface area contributed by atoms with Crippen LogP contribution in [0, 0.1) is 0 Å². The first-order chi connectivity index (χ1) is 14.9. The highest BCUT2D eigenvalue weighted by molar-refractivity contribution is 7.27. The van der Waals surface area contributed by atoms with Crippen molar-refractivity contribution in [2.24, 2.45) is 0 Å². The third-order valence-corrected chi connectivity index (χ3v) is 7.38. The Hall–Kier alpha value is -3.62. The van der Waals surface area contributed by atoms with E-state index in [-0.39, 0.29) is 0 Å².